The lowest BCUT2D eigenvalue weighted by molar-refractivity contribution is 0.719. The molecular weight excluding hydrogens is 192 g/mol. The van der Waals surface area contributed by atoms with Gasteiger partial charge in [-0.2, -0.15) is 5.10 Å². The lowest BCUT2D eigenvalue weighted by atomic mass is 10.1. The van der Waals surface area contributed by atoms with Gasteiger partial charge in [0.25, 0.3) is 0 Å². The van der Waals surface area contributed by atoms with Crippen LogP contribution in [0.3, 0.4) is 0 Å². The Hall–Kier alpha value is -0.960. The van der Waals surface area contributed by atoms with Gasteiger partial charge in [0.15, 0.2) is 0 Å². The van der Waals surface area contributed by atoms with Crippen LogP contribution in [0.1, 0.15) is 37.8 Å². The molecule has 0 amide bonds. The molecule has 3 heteroatoms. The number of hydrogen-bond acceptors (Lipinski definition) is 2. The fourth-order valence-electron chi connectivity index (χ4n) is 1.77. The van der Waals surface area contributed by atoms with Gasteiger partial charge < -0.3 is 0 Å². The van der Waals surface area contributed by atoms with Crippen LogP contribution in [0.2, 0.25) is 0 Å². The number of allylic oxidation sites excluding steroid dienone is 2. The van der Waals surface area contributed by atoms with Gasteiger partial charge in [-0.1, -0.05) is 24.7 Å². The maximum Gasteiger partial charge on any atom is 0.119 e. The molecule has 0 aromatic carbocycles. The molecule has 0 unspecified atom stereocenters. The second kappa shape index (κ2) is 4.51. The van der Waals surface area contributed by atoms with E-state index in [0.29, 0.717) is 4.64 Å². The van der Waals surface area contributed by atoms with E-state index in [9.17, 15) is 0 Å². The smallest absolute Gasteiger partial charge is 0.119 e. The predicted octanol–water partition coefficient (Wildman–Crippen LogP) is 3.49. The summed E-state index contributed by atoms with van der Waals surface area (Å²) < 4.78 is 0.697. The minimum atomic E-state index is 0.697. The molecule has 14 heavy (non-hydrogen) atoms. The quantitative estimate of drug-likeness (QED) is 0.712. The lowest BCUT2D eigenvalue weighted by Crippen LogP contribution is -1.91. The largest absolute Gasteiger partial charge is 0.267 e. The van der Waals surface area contributed by atoms with Gasteiger partial charge in [0.05, 0.1) is 5.69 Å². The van der Waals surface area contributed by atoms with Crippen LogP contribution in [0.25, 0.3) is 5.57 Å². The summed E-state index contributed by atoms with van der Waals surface area (Å²) in [5.74, 6) is 0. The Balaban J connectivity index is 2.24. The number of H-pyrrole nitrogens is 1. The Morgan fingerprint density at radius 2 is 2.14 bits per heavy atom. The maximum absolute atomic E-state index is 4.96. The molecule has 2 nitrogen and oxygen atoms in total. The number of rotatable bonds is 1. The van der Waals surface area contributed by atoms with Crippen molar-refractivity contribution in [3.63, 3.8) is 0 Å². The first-order chi connectivity index (χ1) is 6.86. The van der Waals surface area contributed by atoms with Crippen molar-refractivity contribution in [1.82, 2.24) is 10.2 Å². The van der Waals surface area contributed by atoms with Gasteiger partial charge in [-0.25, -0.2) is 0 Å². The number of nitrogens with one attached hydrogen (secondary N) is 1. The van der Waals surface area contributed by atoms with Crippen molar-refractivity contribution in [3.8, 4) is 0 Å². The molecule has 0 bridgehead atoms. The molecule has 0 spiro atoms. The molecule has 0 aliphatic heterocycles. The van der Waals surface area contributed by atoms with E-state index in [1.54, 1.807) is 0 Å². The van der Waals surface area contributed by atoms with E-state index in [2.05, 4.69) is 16.3 Å². The summed E-state index contributed by atoms with van der Waals surface area (Å²) in [4.78, 5) is 0. The van der Waals surface area contributed by atoms with Crippen LogP contribution in [0.15, 0.2) is 18.2 Å². The monoisotopic (exact) mass is 206 g/mol. The van der Waals surface area contributed by atoms with Gasteiger partial charge >= 0.3 is 0 Å². The van der Waals surface area contributed by atoms with Crippen LogP contribution in [-0.2, 0) is 0 Å². The molecule has 1 aromatic heterocycles. The SMILES string of the molecule is S=c1ccc(C2=CCCCCC2)n[nH]1. The first kappa shape index (κ1) is 9.59. The Labute approximate surface area is 89.1 Å². The average Bonchev–Trinajstić information content (AvgIpc) is 2.47. The minimum absolute atomic E-state index is 0.697. The second-order valence-electron chi connectivity index (χ2n) is 3.64. The fourth-order valence-corrected chi connectivity index (χ4v) is 1.88. The van der Waals surface area contributed by atoms with Crippen molar-refractivity contribution in [2.24, 2.45) is 0 Å². The Kier molecular flexibility index (Phi) is 3.09. The van der Waals surface area contributed by atoms with Gasteiger partial charge in [0, 0.05) is 0 Å². The highest BCUT2D eigenvalue weighted by Crippen LogP contribution is 2.23. The Morgan fingerprint density at radius 1 is 1.21 bits per heavy atom. The van der Waals surface area contributed by atoms with Crippen molar-refractivity contribution in [3.05, 3.63) is 28.5 Å². The van der Waals surface area contributed by atoms with Crippen molar-refractivity contribution in [2.75, 3.05) is 0 Å². The molecule has 0 saturated carbocycles. The van der Waals surface area contributed by atoms with Crippen LogP contribution in [0, 0.1) is 4.64 Å². The van der Waals surface area contributed by atoms with Gasteiger partial charge in [0.2, 0.25) is 0 Å². The number of nitrogens with zero attached hydrogens (tertiary/aromatic N) is 1. The zero-order valence-electron chi connectivity index (χ0n) is 8.12. The molecular formula is C11H14N2S. The van der Waals surface area contributed by atoms with Gasteiger partial charge in [-0.15, -0.1) is 0 Å². The van der Waals surface area contributed by atoms with Crippen molar-refractivity contribution >= 4 is 17.8 Å². The van der Waals surface area contributed by atoms with Crippen LogP contribution >= 0.6 is 12.2 Å². The molecule has 0 fully saturated rings. The topological polar surface area (TPSA) is 28.7 Å². The van der Waals surface area contributed by atoms with Crippen molar-refractivity contribution in [2.45, 2.75) is 32.1 Å². The van der Waals surface area contributed by atoms with Gasteiger partial charge in [-0.05, 0) is 43.4 Å². The average molecular weight is 206 g/mol. The second-order valence-corrected chi connectivity index (χ2v) is 4.07. The molecule has 0 radical (unpaired) electrons. The first-order valence-corrected chi connectivity index (χ1v) is 5.52. The van der Waals surface area contributed by atoms with Crippen molar-refractivity contribution in [1.29, 1.82) is 0 Å². The summed E-state index contributed by atoms with van der Waals surface area (Å²) in [7, 11) is 0. The molecule has 74 valence electrons. The summed E-state index contributed by atoms with van der Waals surface area (Å²) in [5, 5.41) is 7.09. The zero-order valence-corrected chi connectivity index (χ0v) is 8.94. The third-order valence-electron chi connectivity index (χ3n) is 2.55. The molecule has 1 heterocycles. The first-order valence-electron chi connectivity index (χ1n) is 5.11. The lowest BCUT2D eigenvalue weighted by Gasteiger charge is -2.02. The fraction of sp³-hybridized carbons (Fsp3) is 0.455. The minimum Gasteiger partial charge on any atom is -0.267 e. The molecule has 1 aromatic rings. The summed E-state index contributed by atoms with van der Waals surface area (Å²) in [5.41, 5.74) is 2.43. The highest BCUT2D eigenvalue weighted by Gasteiger charge is 2.05. The number of hydrogen-bond donors (Lipinski definition) is 1. The van der Waals surface area contributed by atoms with E-state index in [0.717, 1.165) is 12.1 Å². The van der Waals surface area contributed by atoms with Crippen LogP contribution in [0.5, 0.6) is 0 Å². The van der Waals surface area contributed by atoms with Gasteiger partial charge in [0.1, 0.15) is 4.64 Å². The summed E-state index contributed by atoms with van der Waals surface area (Å²) in [6, 6.07) is 3.92. The van der Waals surface area contributed by atoms with E-state index in [4.69, 9.17) is 12.2 Å². The number of aromatic nitrogens is 2. The summed E-state index contributed by atoms with van der Waals surface area (Å²) in [6.07, 6.45) is 8.58. The van der Waals surface area contributed by atoms with Gasteiger partial charge in [-0.3, -0.25) is 5.10 Å². The molecule has 1 aliphatic rings. The Morgan fingerprint density at radius 3 is 2.93 bits per heavy atom. The van der Waals surface area contributed by atoms with Crippen LogP contribution in [-0.4, -0.2) is 10.2 Å². The maximum atomic E-state index is 4.96. The standard InChI is InChI=1S/C11H14N2S/c14-11-8-7-10(12-13-11)9-5-3-1-2-4-6-9/h5,7-8H,1-4,6H2,(H,13,14). The predicted molar refractivity (Wildman–Crippen MR) is 60.5 cm³/mol. The third-order valence-corrected chi connectivity index (χ3v) is 2.78. The van der Waals surface area contributed by atoms with Crippen molar-refractivity contribution < 1.29 is 0 Å². The third kappa shape index (κ3) is 2.29. The van der Waals surface area contributed by atoms with Crippen LogP contribution < -0.4 is 0 Å². The molecule has 1 N–H and O–H groups in total. The Bertz CT molecular complexity index is 372. The zero-order chi connectivity index (χ0) is 9.80. The molecule has 0 atom stereocenters. The molecule has 1 aliphatic carbocycles. The van der Waals surface area contributed by atoms with E-state index in [-0.39, 0.29) is 0 Å². The van der Waals surface area contributed by atoms with Crippen LogP contribution in [0.4, 0.5) is 0 Å². The highest BCUT2D eigenvalue weighted by molar-refractivity contribution is 7.71. The molecule has 0 saturated heterocycles. The van der Waals surface area contributed by atoms with E-state index < -0.39 is 0 Å². The summed E-state index contributed by atoms with van der Waals surface area (Å²) >= 11 is 4.96. The van der Waals surface area contributed by atoms with E-state index >= 15 is 0 Å². The summed E-state index contributed by atoms with van der Waals surface area (Å²) in [6.45, 7) is 0. The normalized spacial score (nSPS) is 17.3. The highest BCUT2D eigenvalue weighted by atomic mass is 32.1. The molecule has 2 rings (SSSR count). The van der Waals surface area contributed by atoms with E-state index in [1.807, 2.05) is 12.1 Å². The number of aromatic amines is 1. The van der Waals surface area contributed by atoms with E-state index in [1.165, 1.54) is 31.3 Å².